The largest absolute Gasteiger partial charge is 0.477 e. The van der Waals surface area contributed by atoms with Crippen molar-refractivity contribution in [3.8, 4) is 5.88 Å². The van der Waals surface area contributed by atoms with Crippen LogP contribution in [0.5, 0.6) is 5.88 Å². The molecule has 1 aliphatic heterocycles. The molecule has 4 heterocycles. The van der Waals surface area contributed by atoms with Gasteiger partial charge in [-0.25, -0.2) is 14.8 Å². The Kier molecular flexibility index (Phi) is 7.02. The van der Waals surface area contributed by atoms with Crippen molar-refractivity contribution in [1.29, 1.82) is 0 Å². The van der Waals surface area contributed by atoms with Gasteiger partial charge in [-0.1, -0.05) is 20.4 Å². The van der Waals surface area contributed by atoms with Crippen LogP contribution in [0.1, 0.15) is 48.3 Å². The number of rotatable bonds is 8. The molecule has 3 aromatic rings. The molecule has 198 valence electrons. The Morgan fingerprint density at radius 3 is 2.74 bits per heavy atom. The molecular formula is C27H30N6O4S. The lowest BCUT2D eigenvalue weighted by molar-refractivity contribution is -0.117. The van der Waals surface area contributed by atoms with Crippen LogP contribution in [0.15, 0.2) is 37.2 Å². The summed E-state index contributed by atoms with van der Waals surface area (Å²) in [4.78, 5) is 49.8. The van der Waals surface area contributed by atoms with E-state index in [1.807, 2.05) is 13.0 Å². The lowest BCUT2D eigenvalue weighted by Gasteiger charge is -2.29. The van der Waals surface area contributed by atoms with Crippen molar-refractivity contribution in [3.63, 3.8) is 0 Å². The second-order valence-electron chi connectivity index (χ2n) is 9.99. The smallest absolute Gasteiger partial charge is 0.331 e. The van der Waals surface area contributed by atoms with Crippen molar-refractivity contribution in [2.24, 2.45) is 5.92 Å². The van der Waals surface area contributed by atoms with E-state index in [0.29, 0.717) is 57.0 Å². The molecule has 3 aromatic heterocycles. The summed E-state index contributed by atoms with van der Waals surface area (Å²) in [5.74, 6) is 0.384. The number of carbonyl (C=O) groups is 3. The highest BCUT2D eigenvalue weighted by molar-refractivity contribution is 7.21. The number of aromatic nitrogens is 2. The van der Waals surface area contributed by atoms with E-state index in [1.54, 1.807) is 23.4 Å². The highest BCUT2D eigenvalue weighted by Gasteiger charge is 2.35. The van der Waals surface area contributed by atoms with Gasteiger partial charge < -0.3 is 20.7 Å². The fourth-order valence-electron chi connectivity index (χ4n) is 4.83. The van der Waals surface area contributed by atoms with Gasteiger partial charge >= 0.3 is 6.03 Å². The monoisotopic (exact) mass is 534 g/mol. The number of nitrogens with zero attached hydrogens (tertiary/aromatic N) is 3. The first-order valence-electron chi connectivity index (χ1n) is 12.6. The molecular weight excluding hydrogens is 504 g/mol. The number of hydrogen-bond donors (Lipinski definition) is 3. The van der Waals surface area contributed by atoms with Gasteiger partial charge in [-0.2, -0.15) is 0 Å². The predicted molar refractivity (Wildman–Crippen MR) is 147 cm³/mol. The second kappa shape index (κ2) is 10.4. The van der Waals surface area contributed by atoms with Crippen molar-refractivity contribution in [3.05, 3.63) is 47.6 Å². The van der Waals surface area contributed by atoms with Gasteiger partial charge in [0, 0.05) is 24.3 Å². The predicted octanol–water partition coefficient (Wildman–Crippen LogP) is 4.67. The third-order valence-electron chi connectivity index (χ3n) is 6.62. The molecule has 0 bridgehead atoms. The van der Waals surface area contributed by atoms with E-state index >= 15 is 0 Å². The SMILES string of the molecule is C=CC(=O)N[C@H]1CC[C@@H](NC(=O)c2sc3nccc4c3c2NC(=O)N4c2cnc(OCC(C)C)cc2C)C1. The van der Waals surface area contributed by atoms with Crippen molar-refractivity contribution >= 4 is 56.5 Å². The maximum absolute atomic E-state index is 13.4. The number of anilines is 3. The summed E-state index contributed by atoms with van der Waals surface area (Å²) in [5, 5.41) is 9.59. The van der Waals surface area contributed by atoms with Crippen molar-refractivity contribution < 1.29 is 19.1 Å². The minimum Gasteiger partial charge on any atom is -0.477 e. The standard InChI is InChI=1S/C27H30N6O4S/c1-5-20(34)30-16-6-7-17(11-16)31-25(35)24-23-22-18(8-9-28-26(22)38-24)33(27(36)32-23)19-12-29-21(10-15(19)4)37-13-14(2)3/h5,8-10,12,14,16-17H,1,6-7,11,13H2,2-4H3,(H,30,34)(H,31,35)(H,32,36)/t16-,17+/m0/s1. The number of hydrogen-bond acceptors (Lipinski definition) is 7. The number of thiophene rings is 1. The number of nitrogens with one attached hydrogen (secondary N) is 3. The zero-order valence-corrected chi connectivity index (χ0v) is 22.4. The number of aryl methyl sites for hydroxylation is 1. The van der Waals surface area contributed by atoms with Crippen LogP contribution < -0.4 is 25.6 Å². The third-order valence-corrected chi connectivity index (χ3v) is 7.71. The Morgan fingerprint density at radius 2 is 2.03 bits per heavy atom. The van der Waals surface area contributed by atoms with Crippen molar-refractivity contribution in [2.45, 2.75) is 52.1 Å². The van der Waals surface area contributed by atoms with Crippen molar-refractivity contribution in [2.75, 3.05) is 16.8 Å². The average Bonchev–Trinajstić information content (AvgIpc) is 3.48. The number of amides is 4. The number of pyridine rings is 2. The quantitative estimate of drug-likeness (QED) is 0.361. The maximum Gasteiger partial charge on any atom is 0.331 e. The summed E-state index contributed by atoms with van der Waals surface area (Å²) in [6, 6.07) is 3.12. The van der Waals surface area contributed by atoms with E-state index in [0.717, 1.165) is 18.4 Å². The first-order chi connectivity index (χ1) is 18.2. The molecule has 38 heavy (non-hydrogen) atoms. The molecule has 3 N–H and O–H groups in total. The normalized spacial score (nSPS) is 18.4. The van der Waals surface area contributed by atoms with Crippen LogP contribution in [0, 0.1) is 12.8 Å². The lowest BCUT2D eigenvalue weighted by atomic mass is 10.1. The van der Waals surface area contributed by atoms with Crippen LogP contribution in [-0.2, 0) is 4.79 Å². The summed E-state index contributed by atoms with van der Waals surface area (Å²) < 4.78 is 5.74. The Hall–Kier alpha value is -3.99. The summed E-state index contributed by atoms with van der Waals surface area (Å²) in [7, 11) is 0. The molecule has 5 rings (SSSR count). The summed E-state index contributed by atoms with van der Waals surface area (Å²) in [6.45, 7) is 10.1. The minimum atomic E-state index is -0.383. The van der Waals surface area contributed by atoms with Gasteiger partial charge in [0.2, 0.25) is 11.8 Å². The molecule has 1 fully saturated rings. The van der Waals surface area contributed by atoms with Crippen LogP contribution in [-0.4, -0.2) is 46.5 Å². The fraction of sp³-hybridized carbons (Fsp3) is 0.370. The van der Waals surface area contributed by atoms with E-state index in [9.17, 15) is 14.4 Å². The molecule has 0 aromatic carbocycles. The van der Waals surface area contributed by atoms with Crippen molar-refractivity contribution in [1.82, 2.24) is 20.6 Å². The minimum absolute atomic E-state index is 0.00731. The Balaban J connectivity index is 1.41. The number of carbonyl (C=O) groups excluding carboxylic acids is 3. The summed E-state index contributed by atoms with van der Waals surface area (Å²) >= 11 is 1.24. The van der Waals surface area contributed by atoms with E-state index in [1.165, 1.54) is 17.4 Å². The molecule has 0 spiro atoms. The molecule has 0 saturated heterocycles. The second-order valence-corrected chi connectivity index (χ2v) is 11.0. The Labute approximate surface area is 224 Å². The van der Waals surface area contributed by atoms with Crippen LogP contribution >= 0.6 is 11.3 Å². The average molecular weight is 535 g/mol. The summed E-state index contributed by atoms with van der Waals surface area (Å²) in [6.07, 6.45) is 6.67. The van der Waals surface area contributed by atoms with Gasteiger partial charge in [-0.15, -0.1) is 11.3 Å². The van der Waals surface area contributed by atoms with Crippen LogP contribution in [0.3, 0.4) is 0 Å². The molecule has 10 nitrogen and oxygen atoms in total. The Morgan fingerprint density at radius 1 is 1.26 bits per heavy atom. The lowest BCUT2D eigenvalue weighted by Crippen LogP contribution is -2.37. The zero-order valence-electron chi connectivity index (χ0n) is 21.5. The van der Waals surface area contributed by atoms with Gasteiger partial charge in [0.05, 0.1) is 35.3 Å². The first kappa shape index (κ1) is 25.7. The van der Waals surface area contributed by atoms with E-state index in [4.69, 9.17) is 4.74 Å². The molecule has 2 atom stereocenters. The van der Waals surface area contributed by atoms with Gasteiger partial charge in [0.1, 0.15) is 9.71 Å². The van der Waals surface area contributed by atoms with Crippen LogP contribution in [0.4, 0.5) is 21.9 Å². The Bertz CT molecular complexity index is 1430. The van der Waals surface area contributed by atoms with E-state index in [-0.39, 0.29) is 29.9 Å². The maximum atomic E-state index is 13.4. The van der Waals surface area contributed by atoms with Gasteiger partial charge in [-0.05, 0) is 49.8 Å². The number of ether oxygens (including phenoxy) is 1. The number of urea groups is 1. The molecule has 0 radical (unpaired) electrons. The highest BCUT2D eigenvalue weighted by Crippen LogP contribution is 2.46. The molecule has 4 amide bonds. The molecule has 11 heteroatoms. The van der Waals surface area contributed by atoms with Gasteiger partial charge in [0.15, 0.2) is 0 Å². The van der Waals surface area contributed by atoms with E-state index < -0.39 is 0 Å². The van der Waals surface area contributed by atoms with Gasteiger partial charge in [0.25, 0.3) is 5.91 Å². The molecule has 1 saturated carbocycles. The molecule has 1 aliphatic carbocycles. The highest BCUT2D eigenvalue weighted by atomic mass is 32.1. The summed E-state index contributed by atoms with van der Waals surface area (Å²) in [5.41, 5.74) is 2.55. The van der Waals surface area contributed by atoms with Gasteiger partial charge in [-0.3, -0.25) is 14.5 Å². The van der Waals surface area contributed by atoms with Crippen LogP contribution in [0.25, 0.3) is 10.2 Å². The van der Waals surface area contributed by atoms with E-state index in [2.05, 4.69) is 46.3 Å². The molecule has 0 unspecified atom stereocenters. The third kappa shape index (κ3) is 4.93. The zero-order chi connectivity index (χ0) is 27.0. The van der Waals surface area contributed by atoms with Crippen LogP contribution in [0.2, 0.25) is 0 Å². The topological polar surface area (TPSA) is 126 Å². The fourth-order valence-corrected chi connectivity index (χ4v) is 5.85. The first-order valence-corrected chi connectivity index (χ1v) is 13.4. The molecule has 2 aliphatic rings.